The molecule has 0 spiro atoms. The molecule has 0 aliphatic heterocycles. The summed E-state index contributed by atoms with van der Waals surface area (Å²) in [7, 11) is 6.21. The van der Waals surface area contributed by atoms with Gasteiger partial charge in [0.15, 0.2) is 5.69 Å². The Hall–Kier alpha value is -2.09. The highest BCUT2D eigenvalue weighted by Gasteiger charge is 2.19. The number of ether oxygens (including phenoxy) is 2. The minimum Gasteiger partial charge on any atom is -0.464 e. The van der Waals surface area contributed by atoms with E-state index in [2.05, 4.69) is 9.72 Å². The Kier molecular flexibility index (Phi) is 6.67. The number of carbonyl (C=O) groups is 2. The fraction of sp³-hybridized carbons (Fsp3) is 0.615. The van der Waals surface area contributed by atoms with Gasteiger partial charge in [-0.25, -0.2) is 14.6 Å². The average Bonchev–Trinajstić information content (AvgIpc) is 2.93. The number of hydrogen-bond donors (Lipinski definition) is 0. The molecule has 118 valence electrons. The van der Waals surface area contributed by atoms with E-state index >= 15 is 0 Å². The van der Waals surface area contributed by atoms with Gasteiger partial charge in [0, 0.05) is 34.4 Å². The number of hydrogen-bond acceptors (Lipinski definition) is 6. The molecule has 0 fully saturated rings. The summed E-state index contributed by atoms with van der Waals surface area (Å²) in [6, 6.07) is -0.163. The molecule has 2 amide bonds. The van der Waals surface area contributed by atoms with Gasteiger partial charge in [0.1, 0.15) is 6.26 Å². The molecule has 0 bridgehead atoms. The van der Waals surface area contributed by atoms with Crippen molar-refractivity contribution in [2.45, 2.75) is 13.0 Å². The van der Waals surface area contributed by atoms with Crippen molar-refractivity contribution >= 4 is 12.0 Å². The van der Waals surface area contributed by atoms with E-state index in [1.807, 2.05) is 0 Å². The second-order valence-corrected chi connectivity index (χ2v) is 4.56. The molecule has 8 nitrogen and oxygen atoms in total. The van der Waals surface area contributed by atoms with Crippen molar-refractivity contribution in [2.75, 3.05) is 41.5 Å². The van der Waals surface area contributed by atoms with Crippen LogP contribution in [0.4, 0.5) is 4.79 Å². The normalized spacial score (nSPS) is 10.3. The lowest BCUT2D eigenvalue weighted by Gasteiger charge is -2.24. The molecule has 0 saturated heterocycles. The van der Waals surface area contributed by atoms with Crippen LogP contribution in [-0.4, -0.2) is 68.3 Å². The van der Waals surface area contributed by atoms with Gasteiger partial charge < -0.3 is 23.7 Å². The molecule has 1 aromatic rings. The molecule has 0 saturated carbocycles. The predicted octanol–water partition coefficient (Wildman–Crippen LogP) is 0.981. The number of amides is 2. The van der Waals surface area contributed by atoms with Gasteiger partial charge in [-0.15, -0.1) is 0 Å². The summed E-state index contributed by atoms with van der Waals surface area (Å²) in [6.07, 6.45) is 1.91. The fourth-order valence-corrected chi connectivity index (χ4v) is 1.67. The Labute approximate surface area is 123 Å². The van der Waals surface area contributed by atoms with Crippen LogP contribution in [0.25, 0.3) is 0 Å². The summed E-state index contributed by atoms with van der Waals surface area (Å²) in [6.45, 7) is 1.23. The maximum atomic E-state index is 12.1. The highest BCUT2D eigenvalue weighted by atomic mass is 16.5. The summed E-state index contributed by atoms with van der Waals surface area (Å²) >= 11 is 0. The van der Waals surface area contributed by atoms with Crippen molar-refractivity contribution in [1.82, 2.24) is 14.8 Å². The smallest absolute Gasteiger partial charge is 0.360 e. The Morgan fingerprint density at radius 1 is 1.33 bits per heavy atom. The van der Waals surface area contributed by atoms with Crippen LogP contribution in [0.15, 0.2) is 10.7 Å². The first-order valence-corrected chi connectivity index (χ1v) is 6.47. The molecule has 21 heavy (non-hydrogen) atoms. The van der Waals surface area contributed by atoms with Gasteiger partial charge in [-0.05, 0) is 6.42 Å². The van der Waals surface area contributed by atoms with Crippen molar-refractivity contribution < 1.29 is 23.5 Å². The van der Waals surface area contributed by atoms with Crippen molar-refractivity contribution in [1.29, 1.82) is 0 Å². The van der Waals surface area contributed by atoms with Crippen LogP contribution in [0.1, 0.15) is 22.8 Å². The van der Waals surface area contributed by atoms with Gasteiger partial charge in [0.05, 0.1) is 13.7 Å². The van der Waals surface area contributed by atoms with Crippen LogP contribution in [0, 0.1) is 0 Å². The zero-order valence-electron chi connectivity index (χ0n) is 12.8. The van der Waals surface area contributed by atoms with E-state index in [1.165, 1.54) is 18.3 Å². The van der Waals surface area contributed by atoms with E-state index < -0.39 is 5.97 Å². The van der Waals surface area contributed by atoms with Crippen LogP contribution >= 0.6 is 0 Å². The number of rotatable bonds is 7. The largest absolute Gasteiger partial charge is 0.464 e. The Morgan fingerprint density at radius 2 is 2.05 bits per heavy atom. The van der Waals surface area contributed by atoms with E-state index in [-0.39, 0.29) is 24.2 Å². The van der Waals surface area contributed by atoms with Gasteiger partial charge in [-0.1, -0.05) is 0 Å². The molecular weight excluding hydrogens is 278 g/mol. The van der Waals surface area contributed by atoms with Crippen LogP contribution < -0.4 is 0 Å². The third-order valence-corrected chi connectivity index (χ3v) is 2.70. The SMILES string of the molecule is COCCCN(Cc1nc(C(=O)OC)co1)C(=O)N(C)C. The predicted molar refractivity (Wildman–Crippen MR) is 73.8 cm³/mol. The standard InChI is InChI=1S/C13H21N3O5/c1-15(2)13(18)16(6-5-7-19-3)8-11-14-10(9-21-11)12(17)20-4/h9H,5-8H2,1-4H3. The molecule has 0 atom stereocenters. The fourth-order valence-electron chi connectivity index (χ4n) is 1.67. The first-order valence-electron chi connectivity index (χ1n) is 6.47. The van der Waals surface area contributed by atoms with Crippen molar-refractivity contribution in [3.05, 3.63) is 17.8 Å². The molecule has 1 heterocycles. The lowest BCUT2D eigenvalue weighted by Crippen LogP contribution is -2.39. The highest BCUT2D eigenvalue weighted by molar-refractivity contribution is 5.86. The van der Waals surface area contributed by atoms with Crippen molar-refractivity contribution in [2.24, 2.45) is 0 Å². The first-order chi connectivity index (χ1) is 9.99. The minimum absolute atomic E-state index is 0.0849. The molecule has 0 aliphatic carbocycles. The van der Waals surface area contributed by atoms with E-state index in [1.54, 1.807) is 26.1 Å². The monoisotopic (exact) mass is 299 g/mol. The molecule has 0 aliphatic rings. The van der Waals surface area contributed by atoms with Crippen LogP contribution in [-0.2, 0) is 16.0 Å². The molecule has 8 heteroatoms. The molecule has 1 aromatic heterocycles. The number of esters is 1. The summed E-state index contributed by atoms with van der Waals surface area (Å²) in [5, 5.41) is 0. The number of aromatic nitrogens is 1. The topological polar surface area (TPSA) is 85.1 Å². The quantitative estimate of drug-likeness (QED) is 0.551. The second-order valence-electron chi connectivity index (χ2n) is 4.56. The summed E-state index contributed by atoms with van der Waals surface area (Å²) in [5.74, 6) is -0.294. The van der Waals surface area contributed by atoms with Crippen molar-refractivity contribution in [3.8, 4) is 0 Å². The van der Waals surface area contributed by atoms with Gasteiger partial charge in [0.2, 0.25) is 5.89 Å². The average molecular weight is 299 g/mol. The van der Waals surface area contributed by atoms with Crippen LogP contribution in [0.3, 0.4) is 0 Å². The number of nitrogens with zero attached hydrogens (tertiary/aromatic N) is 3. The van der Waals surface area contributed by atoms with Gasteiger partial charge >= 0.3 is 12.0 Å². The Morgan fingerprint density at radius 3 is 2.62 bits per heavy atom. The number of oxazole rings is 1. The van der Waals surface area contributed by atoms with E-state index in [0.717, 1.165) is 0 Å². The van der Waals surface area contributed by atoms with E-state index in [9.17, 15) is 9.59 Å². The second kappa shape index (κ2) is 8.25. The summed E-state index contributed by atoms with van der Waals surface area (Å²) in [4.78, 5) is 30.5. The number of methoxy groups -OCH3 is 2. The number of carbonyl (C=O) groups excluding carboxylic acids is 2. The highest BCUT2D eigenvalue weighted by Crippen LogP contribution is 2.09. The minimum atomic E-state index is -0.574. The molecule has 1 rings (SSSR count). The molecule has 0 unspecified atom stereocenters. The lowest BCUT2D eigenvalue weighted by atomic mass is 10.4. The zero-order valence-corrected chi connectivity index (χ0v) is 12.8. The third-order valence-electron chi connectivity index (χ3n) is 2.70. The maximum absolute atomic E-state index is 12.1. The van der Waals surface area contributed by atoms with Gasteiger partial charge in [-0.3, -0.25) is 0 Å². The third kappa shape index (κ3) is 5.07. The first kappa shape index (κ1) is 17.0. The van der Waals surface area contributed by atoms with Crippen LogP contribution in [0.5, 0.6) is 0 Å². The zero-order chi connectivity index (χ0) is 15.8. The summed E-state index contributed by atoms with van der Waals surface area (Å²) < 4.78 is 14.7. The lowest BCUT2D eigenvalue weighted by molar-refractivity contribution is 0.0594. The van der Waals surface area contributed by atoms with E-state index in [4.69, 9.17) is 9.15 Å². The molecular formula is C13H21N3O5. The molecule has 0 radical (unpaired) electrons. The molecule has 0 aromatic carbocycles. The van der Waals surface area contributed by atoms with Gasteiger partial charge in [0.25, 0.3) is 0 Å². The Bertz CT molecular complexity index is 472. The Balaban J connectivity index is 2.73. The van der Waals surface area contributed by atoms with Crippen LogP contribution in [0.2, 0.25) is 0 Å². The van der Waals surface area contributed by atoms with E-state index in [0.29, 0.717) is 19.6 Å². The maximum Gasteiger partial charge on any atom is 0.360 e. The summed E-state index contributed by atoms with van der Waals surface area (Å²) in [5.41, 5.74) is 0.0849. The number of urea groups is 1. The van der Waals surface area contributed by atoms with Gasteiger partial charge in [-0.2, -0.15) is 0 Å². The molecule has 0 N–H and O–H groups in total. The van der Waals surface area contributed by atoms with Crippen molar-refractivity contribution in [3.63, 3.8) is 0 Å².